The zero-order chi connectivity index (χ0) is 24.0. The van der Waals surface area contributed by atoms with Gasteiger partial charge in [-0.05, 0) is 25.7 Å². The van der Waals surface area contributed by atoms with Crippen molar-refractivity contribution in [3.63, 3.8) is 0 Å². The Morgan fingerprint density at radius 2 is 2.03 bits per heavy atom. The van der Waals surface area contributed by atoms with Crippen molar-refractivity contribution >= 4 is 11.8 Å². The molecule has 3 fully saturated rings. The van der Waals surface area contributed by atoms with E-state index in [2.05, 4.69) is 18.8 Å². The van der Waals surface area contributed by atoms with E-state index in [0.717, 1.165) is 5.57 Å². The number of carbonyl (C=O) groups is 2. The van der Waals surface area contributed by atoms with Gasteiger partial charge in [-0.3, -0.25) is 14.6 Å². The van der Waals surface area contributed by atoms with Gasteiger partial charge in [0.2, 0.25) is 0 Å². The molecule has 0 aromatic rings. The second-order valence-electron chi connectivity index (χ2n) is 9.42. The quantitative estimate of drug-likeness (QED) is 0.517. The maximum atomic E-state index is 14.1. The van der Waals surface area contributed by atoms with Gasteiger partial charge in [0.15, 0.2) is 11.5 Å². The van der Waals surface area contributed by atoms with Crippen LogP contribution in [0.4, 0.5) is 8.78 Å². The lowest BCUT2D eigenvalue weighted by Crippen LogP contribution is -2.59. The monoisotopic (exact) mass is 466 g/mol. The molecule has 2 amide bonds. The lowest BCUT2D eigenvalue weighted by Gasteiger charge is -2.46. The number of halogens is 2. The van der Waals surface area contributed by atoms with Crippen LogP contribution in [0, 0.1) is 17.8 Å². The number of hydrazine groups is 1. The van der Waals surface area contributed by atoms with Crippen molar-refractivity contribution in [1.82, 2.24) is 20.2 Å². The number of fused-ring (bicyclic) bond motifs is 1. The van der Waals surface area contributed by atoms with Gasteiger partial charge in [-0.25, -0.2) is 8.78 Å². The Morgan fingerprint density at radius 1 is 1.33 bits per heavy atom. The summed E-state index contributed by atoms with van der Waals surface area (Å²) in [5, 5.41) is 27.2. The van der Waals surface area contributed by atoms with Crippen molar-refractivity contribution in [2.24, 2.45) is 17.8 Å². The highest BCUT2D eigenvalue weighted by Gasteiger charge is 2.46. The maximum Gasteiger partial charge on any atom is 0.276 e. The van der Waals surface area contributed by atoms with Crippen LogP contribution < -0.4 is 5.32 Å². The molecule has 10 heteroatoms. The molecule has 3 N–H and O–H groups in total. The number of aliphatic hydroxyl groups excluding tert-OH is 2. The summed E-state index contributed by atoms with van der Waals surface area (Å²) in [6.07, 6.45) is -2.43. The van der Waals surface area contributed by atoms with Gasteiger partial charge in [0.1, 0.15) is 18.4 Å². The largest absolute Gasteiger partial charge is 0.507 e. The molecule has 2 heterocycles. The number of alkyl halides is 2. The Bertz CT molecular complexity index is 905. The molecule has 2 aliphatic carbocycles. The zero-order valence-corrected chi connectivity index (χ0v) is 19.0. The van der Waals surface area contributed by atoms with E-state index >= 15 is 0 Å². The predicted molar refractivity (Wildman–Crippen MR) is 116 cm³/mol. The minimum absolute atomic E-state index is 0.000215. The Labute approximate surface area is 192 Å². The van der Waals surface area contributed by atoms with Gasteiger partial charge in [-0.1, -0.05) is 19.1 Å². The highest BCUT2D eigenvalue weighted by molar-refractivity contribution is 5.99. The first-order chi connectivity index (χ1) is 15.6. The molecular formula is C23H32F2N4O4. The molecule has 8 nitrogen and oxygen atoms in total. The fraction of sp³-hybridized carbons (Fsp3) is 0.652. The van der Waals surface area contributed by atoms with E-state index in [9.17, 15) is 28.6 Å². The third kappa shape index (κ3) is 4.38. The van der Waals surface area contributed by atoms with E-state index < -0.39 is 41.9 Å². The average Bonchev–Trinajstić information content (AvgIpc) is 3.34. The van der Waals surface area contributed by atoms with Gasteiger partial charge in [-0.2, -0.15) is 5.01 Å². The zero-order valence-electron chi connectivity index (χ0n) is 19.0. The fourth-order valence-electron chi connectivity index (χ4n) is 4.87. The summed E-state index contributed by atoms with van der Waals surface area (Å²) in [5.74, 6) is -1.64. The number of hydrogen-bond acceptors (Lipinski definition) is 6. The molecule has 33 heavy (non-hydrogen) atoms. The first-order valence-electron chi connectivity index (χ1n) is 11.5. The van der Waals surface area contributed by atoms with Gasteiger partial charge in [0.05, 0.1) is 12.2 Å². The van der Waals surface area contributed by atoms with Gasteiger partial charge in [0, 0.05) is 44.1 Å². The van der Waals surface area contributed by atoms with Crippen molar-refractivity contribution in [2.45, 2.75) is 51.6 Å². The minimum atomic E-state index is -1.68. The predicted octanol–water partition coefficient (Wildman–Crippen LogP) is 1.77. The van der Waals surface area contributed by atoms with Crippen molar-refractivity contribution in [1.29, 1.82) is 0 Å². The lowest BCUT2D eigenvalue weighted by atomic mass is 9.86. The lowest BCUT2D eigenvalue weighted by molar-refractivity contribution is -0.147. The molecule has 4 unspecified atom stereocenters. The smallest absolute Gasteiger partial charge is 0.276 e. The summed E-state index contributed by atoms with van der Waals surface area (Å²) in [6.45, 7) is 9.15. The van der Waals surface area contributed by atoms with Crippen LogP contribution in [0.1, 0.15) is 33.1 Å². The second-order valence-corrected chi connectivity index (χ2v) is 9.42. The van der Waals surface area contributed by atoms with E-state index in [1.165, 1.54) is 11.2 Å². The molecule has 0 aromatic heterocycles. The Hall–Kier alpha value is -2.46. The van der Waals surface area contributed by atoms with Crippen molar-refractivity contribution in [3.8, 4) is 0 Å². The molecule has 0 aromatic carbocycles. The van der Waals surface area contributed by atoms with Crippen LogP contribution in [-0.2, 0) is 9.59 Å². The first kappa shape index (κ1) is 23.7. The van der Waals surface area contributed by atoms with E-state index in [-0.39, 0.29) is 43.2 Å². The van der Waals surface area contributed by atoms with Gasteiger partial charge < -0.3 is 20.4 Å². The summed E-state index contributed by atoms with van der Waals surface area (Å²) < 4.78 is 27.5. The normalized spacial score (nSPS) is 34.9. The van der Waals surface area contributed by atoms with Gasteiger partial charge in [-0.15, -0.1) is 0 Å². The molecule has 0 bridgehead atoms. The summed E-state index contributed by atoms with van der Waals surface area (Å²) in [7, 11) is 0. The second kappa shape index (κ2) is 9.06. The third-order valence-corrected chi connectivity index (χ3v) is 7.39. The number of nitrogens with one attached hydrogen (secondary N) is 1. The highest BCUT2D eigenvalue weighted by Crippen LogP contribution is 2.45. The van der Waals surface area contributed by atoms with Crippen LogP contribution in [0.3, 0.4) is 0 Å². The van der Waals surface area contributed by atoms with Gasteiger partial charge in [0.25, 0.3) is 11.8 Å². The van der Waals surface area contributed by atoms with Crippen molar-refractivity contribution in [2.75, 3.05) is 26.3 Å². The standard InChI is InChI=1S/C23H32F2N4O4/c1-4-27-11-28(9-16-12(2)13(16)3)29-10-17(20(30)21(31)19(29)23(27)33)22(32)26-8-14-5-6-15(24)7-18(14)25/h10,13-16,18,20,30-31H,2,4-9,11H2,1,3H3,(H,26,32)/t13?,14?,15-,16-,18?,20?/m0/s1. The van der Waals surface area contributed by atoms with Crippen LogP contribution in [-0.4, -0.2) is 81.7 Å². The van der Waals surface area contributed by atoms with Crippen LogP contribution in [0.25, 0.3) is 0 Å². The Morgan fingerprint density at radius 3 is 2.64 bits per heavy atom. The number of hydrogen-bond donors (Lipinski definition) is 3. The topological polar surface area (TPSA) is 96.4 Å². The third-order valence-electron chi connectivity index (χ3n) is 7.39. The molecule has 182 valence electrons. The van der Waals surface area contributed by atoms with E-state index in [4.69, 9.17) is 0 Å². The summed E-state index contributed by atoms with van der Waals surface area (Å²) in [4.78, 5) is 27.3. The maximum absolute atomic E-state index is 14.1. The highest BCUT2D eigenvalue weighted by atomic mass is 19.1. The minimum Gasteiger partial charge on any atom is -0.507 e. The molecular weight excluding hydrogens is 434 g/mol. The van der Waals surface area contributed by atoms with Crippen LogP contribution >= 0.6 is 0 Å². The van der Waals surface area contributed by atoms with E-state index in [1.807, 2.05) is 11.9 Å². The van der Waals surface area contributed by atoms with Crippen LogP contribution in [0.15, 0.2) is 35.4 Å². The number of amides is 2. The molecule has 0 radical (unpaired) electrons. The SMILES string of the molecule is C=C1C(C)[C@H]1CN1CN(CC)C(=O)C2=C(O)C(O)C(C(=O)NCC3CC[C@H](F)CC3F)=CN21. The van der Waals surface area contributed by atoms with Crippen molar-refractivity contribution < 1.29 is 28.6 Å². The average molecular weight is 467 g/mol. The van der Waals surface area contributed by atoms with Crippen molar-refractivity contribution in [3.05, 3.63) is 35.4 Å². The molecule has 4 rings (SSSR count). The summed E-state index contributed by atoms with van der Waals surface area (Å²) >= 11 is 0. The molecule has 4 aliphatic rings. The molecule has 1 saturated heterocycles. The summed E-state index contributed by atoms with van der Waals surface area (Å²) in [5.41, 5.74) is 0.875. The molecule has 6 atom stereocenters. The van der Waals surface area contributed by atoms with E-state index in [1.54, 1.807) is 4.90 Å². The number of nitrogens with zero attached hydrogens (tertiary/aromatic N) is 3. The van der Waals surface area contributed by atoms with Crippen LogP contribution in [0.5, 0.6) is 0 Å². The number of likely N-dealkylation sites (N-methyl/N-ethyl adjacent to an activating group) is 1. The van der Waals surface area contributed by atoms with E-state index in [0.29, 0.717) is 25.4 Å². The van der Waals surface area contributed by atoms with Gasteiger partial charge >= 0.3 is 0 Å². The van der Waals surface area contributed by atoms with Crippen LogP contribution in [0.2, 0.25) is 0 Å². The fourth-order valence-corrected chi connectivity index (χ4v) is 4.87. The summed E-state index contributed by atoms with van der Waals surface area (Å²) in [6, 6.07) is 0. The molecule has 0 spiro atoms. The number of carbonyl (C=O) groups excluding carboxylic acids is 2. The molecule has 2 aliphatic heterocycles. The number of rotatable bonds is 6. The first-order valence-corrected chi connectivity index (χ1v) is 11.5. The number of aliphatic hydroxyl groups is 2. The Kier molecular flexibility index (Phi) is 6.50. The Balaban J connectivity index is 1.53. The molecule has 2 saturated carbocycles.